The van der Waals surface area contributed by atoms with Crippen LogP contribution in [0.4, 0.5) is 0 Å². The van der Waals surface area contributed by atoms with Crippen LogP contribution in [0.1, 0.15) is 11.1 Å². The molecule has 2 aromatic carbocycles. The van der Waals surface area contributed by atoms with Crippen LogP contribution in [-0.2, 0) is 17.5 Å². The molecule has 0 fully saturated rings. The summed E-state index contributed by atoms with van der Waals surface area (Å²) in [6.45, 7) is 2.59. The van der Waals surface area contributed by atoms with Gasteiger partial charge < -0.3 is 0 Å². The lowest BCUT2D eigenvalue weighted by Crippen LogP contribution is -2.16. The van der Waals surface area contributed by atoms with Crippen LogP contribution in [0.15, 0.2) is 57.9 Å². The number of hydrogen-bond donors (Lipinski definition) is 1. The molecule has 2 aromatic rings. The van der Waals surface area contributed by atoms with Gasteiger partial charge in [0.25, 0.3) is 0 Å². The van der Waals surface area contributed by atoms with E-state index in [9.17, 15) is 4.21 Å². The topological polar surface area (TPSA) is 29.1 Å². The van der Waals surface area contributed by atoms with Crippen molar-refractivity contribution in [1.82, 2.24) is 4.72 Å². The summed E-state index contributed by atoms with van der Waals surface area (Å²) in [4.78, 5) is 0.799. The molecule has 0 saturated heterocycles. The molecule has 1 atom stereocenters. The van der Waals surface area contributed by atoms with Gasteiger partial charge in [-0.05, 0) is 30.7 Å². The fourth-order valence-corrected chi connectivity index (χ4v) is 2.79. The molecule has 4 heteroatoms. The van der Waals surface area contributed by atoms with E-state index in [1.54, 1.807) is 0 Å². The van der Waals surface area contributed by atoms with Gasteiger partial charge in [-0.3, -0.25) is 0 Å². The third-order valence-corrected chi connectivity index (χ3v) is 4.47. The maximum atomic E-state index is 12.0. The van der Waals surface area contributed by atoms with Gasteiger partial charge in [-0.1, -0.05) is 51.8 Å². The Morgan fingerprint density at radius 1 is 1.11 bits per heavy atom. The second kappa shape index (κ2) is 6.27. The summed E-state index contributed by atoms with van der Waals surface area (Å²) in [5.41, 5.74) is 2.26. The molecule has 2 rings (SSSR count). The van der Waals surface area contributed by atoms with E-state index in [4.69, 9.17) is 0 Å². The minimum atomic E-state index is -1.17. The van der Waals surface area contributed by atoms with E-state index in [1.807, 2.05) is 55.5 Å². The molecule has 0 spiro atoms. The van der Waals surface area contributed by atoms with Crippen molar-refractivity contribution in [1.29, 1.82) is 0 Å². The van der Waals surface area contributed by atoms with Gasteiger partial charge >= 0.3 is 0 Å². The van der Waals surface area contributed by atoms with Crippen LogP contribution >= 0.6 is 15.9 Å². The van der Waals surface area contributed by atoms with E-state index in [1.165, 1.54) is 5.56 Å². The Morgan fingerprint density at radius 3 is 2.44 bits per heavy atom. The summed E-state index contributed by atoms with van der Waals surface area (Å²) in [6, 6.07) is 15.6. The van der Waals surface area contributed by atoms with Crippen molar-refractivity contribution in [3.63, 3.8) is 0 Å². The maximum absolute atomic E-state index is 12.0. The number of halogens is 1. The molecule has 0 bridgehead atoms. The Morgan fingerprint density at radius 2 is 1.78 bits per heavy atom. The first kappa shape index (κ1) is 13.5. The van der Waals surface area contributed by atoms with Crippen molar-refractivity contribution >= 4 is 26.9 Å². The summed E-state index contributed by atoms with van der Waals surface area (Å²) in [6.07, 6.45) is 0. The first-order valence-electron chi connectivity index (χ1n) is 5.62. The smallest absolute Gasteiger partial charge is 0.125 e. The van der Waals surface area contributed by atoms with Crippen LogP contribution < -0.4 is 4.72 Å². The van der Waals surface area contributed by atoms with Gasteiger partial charge in [-0.25, -0.2) is 8.93 Å². The SMILES string of the molecule is Cc1ccc(S(=O)NCc2ccccc2Br)cc1. The zero-order valence-corrected chi connectivity index (χ0v) is 12.4. The number of aryl methyl sites for hydroxylation is 1. The lowest BCUT2D eigenvalue weighted by atomic mass is 10.2. The van der Waals surface area contributed by atoms with E-state index in [0.29, 0.717) is 6.54 Å². The monoisotopic (exact) mass is 323 g/mol. The Kier molecular flexibility index (Phi) is 4.69. The quantitative estimate of drug-likeness (QED) is 0.915. The fourth-order valence-electron chi connectivity index (χ4n) is 1.53. The Balaban J connectivity index is 2.01. The van der Waals surface area contributed by atoms with Gasteiger partial charge in [0.05, 0.1) is 4.90 Å². The van der Waals surface area contributed by atoms with E-state index < -0.39 is 11.0 Å². The molecule has 0 radical (unpaired) electrons. The van der Waals surface area contributed by atoms with Gasteiger partial charge in [-0.15, -0.1) is 0 Å². The molecule has 1 N–H and O–H groups in total. The lowest BCUT2D eigenvalue weighted by Gasteiger charge is -2.06. The highest BCUT2D eigenvalue weighted by molar-refractivity contribution is 9.10. The maximum Gasteiger partial charge on any atom is 0.125 e. The molecule has 0 heterocycles. The van der Waals surface area contributed by atoms with Crippen LogP contribution in [0.25, 0.3) is 0 Å². The van der Waals surface area contributed by atoms with E-state index >= 15 is 0 Å². The number of benzene rings is 2. The highest BCUT2D eigenvalue weighted by atomic mass is 79.9. The molecule has 0 amide bonds. The zero-order chi connectivity index (χ0) is 13.0. The van der Waals surface area contributed by atoms with Crippen molar-refractivity contribution in [2.45, 2.75) is 18.4 Å². The first-order valence-corrected chi connectivity index (χ1v) is 7.56. The molecule has 0 aliphatic carbocycles. The standard InChI is InChI=1S/C14H14BrNOS/c1-11-6-8-13(9-7-11)18(17)16-10-12-4-2-3-5-14(12)15/h2-9,16H,10H2,1H3. The molecule has 0 aliphatic heterocycles. The van der Waals surface area contributed by atoms with Gasteiger partial charge in [-0.2, -0.15) is 0 Å². The predicted octanol–water partition coefficient (Wildman–Crippen LogP) is 3.57. The number of hydrogen-bond acceptors (Lipinski definition) is 1. The van der Waals surface area contributed by atoms with Gasteiger partial charge in [0.1, 0.15) is 11.0 Å². The molecular formula is C14H14BrNOS. The van der Waals surface area contributed by atoms with Crippen LogP contribution in [0.3, 0.4) is 0 Å². The molecule has 18 heavy (non-hydrogen) atoms. The highest BCUT2D eigenvalue weighted by Crippen LogP contribution is 2.16. The minimum Gasteiger partial charge on any atom is -0.237 e. The highest BCUT2D eigenvalue weighted by Gasteiger charge is 2.04. The molecule has 94 valence electrons. The molecule has 0 aromatic heterocycles. The summed E-state index contributed by atoms with van der Waals surface area (Å²) in [5.74, 6) is 0. The molecule has 0 saturated carbocycles. The van der Waals surface area contributed by atoms with Crippen LogP contribution in [0, 0.1) is 6.92 Å². The van der Waals surface area contributed by atoms with E-state index in [-0.39, 0.29) is 0 Å². The van der Waals surface area contributed by atoms with Crippen molar-refractivity contribution < 1.29 is 4.21 Å². The second-order valence-electron chi connectivity index (χ2n) is 3.99. The van der Waals surface area contributed by atoms with Crippen LogP contribution in [0.5, 0.6) is 0 Å². The number of nitrogens with one attached hydrogen (secondary N) is 1. The Hall–Kier alpha value is -0.970. The Bertz CT molecular complexity index is 554. The van der Waals surface area contributed by atoms with E-state index in [2.05, 4.69) is 20.7 Å². The first-order chi connectivity index (χ1) is 8.66. The third kappa shape index (κ3) is 3.51. The number of rotatable bonds is 4. The largest absolute Gasteiger partial charge is 0.237 e. The van der Waals surface area contributed by atoms with Crippen molar-refractivity contribution in [2.24, 2.45) is 0 Å². The van der Waals surface area contributed by atoms with Gasteiger partial charge in [0.15, 0.2) is 0 Å². The normalized spacial score (nSPS) is 12.3. The molecule has 2 nitrogen and oxygen atoms in total. The summed E-state index contributed by atoms with van der Waals surface area (Å²) >= 11 is 3.47. The zero-order valence-electron chi connectivity index (χ0n) is 10.0. The summed E-state index contributed by atoms with van der Waals surface area (Å²) < 4.78 is 16.1. The van der Waals surface area contributed by atoms with Crippen molar-refractivity contribution in [2.75, 3.05) is 0 Å². The van der Waals surface area contributed by atoms with Crippen LogP contribution in [-0.4, -0.2) is 4.21 Å². The lowest BCUT2D eigenvalue weighted by molar-refractivity contribution is 0.671. The minimum absolute atomic E-state index is 0.571. The average Bonchev–Trinajstić information content (AvgIpc) is 2.38. The van der Waals surface area contributed by atoms with Gasteiger partial charge in [0.2, 0.25) is 0 Å². The van der Waals surface area contributed by atoms with Crippen molar-refractivity contribution in [3.8, 4) is 0 Å². The van der Waals surface area contributed by atoms with E-state index in [0.717, 1.165) is 14.9 Å². The van der Waals surface area contributed by atoms with Gasteiger partial charge in [0, 0.05) is 11.0 Å². The van der Waals surface area contributed by atoms with Crippen molar-refractivity contribution in [3.05, 3.63) is 64.1 Å². The molecular weight excluding hydrogens is 310 g/mol. The summed E-state index contributed by atoms with van der Waals surface area (Å²) in [5, 5.41) is 0. The fraction of sp³-hybridized carbons (Fsp3) is 0.143. The molecule has 0 aliphatic rings. The summed E-state index contributed by atoms with van der Waals surface area (Å²) in [7, 11) is -1.17. The third-order valence-electron chi connectivity index (χ3n) is 2.59. The Labute approximate surface area is 118 Å². The molecule has 1 unspecified atom stereocenters. The van der Waals surface area contributed by atoms with Crippen LogP contribution in [0.2, 0.25) is 0 Å². The predicted molar refractivity (Wildman–Crippen MR) is 78.6 cm³/mol. The average molecular weight is 324 g/mol. The second-order valence-corrected chi connectivity index (χ2v) is 6.15.